The largest absolute Gasteiger partial charge is 0.277 e. The first-order chi connectivity index (χ1) is 6.48. The second-order valence-electron chi connectivity index (χ2n) is 4.62. The van der Waals surface area contributed by atoms with Crippen molar-refractivity contribution in [3.8, 4) is 0 Å². The first kappa shape index (κ1) is 9.13. The van der Waals surface area contributed by atoms with E-state index in [0.29, 0.717) is 0 Å². The molecule has 1 aliphatic heterocycles. The minimum absolute atomic E-state index is 0.120. The number of aliphatic imine (C=N–C) groups is 1. The molecule has 1 aromatic carbocycles. The Kier molecular flexibility index (Phi) is 1.81. The molecule has 0 aliphatic carbocycles. The molecule has 1 aromatic rings. The summed E-state index contributed by atoms with van der Waals surface area (Å²) in [4.78, 5) is 15.0. The van der Waals surface area contributed by atoms with Crippen molar-refractivity contribution in [2.24, 2.45) is 4.99 Å². The maximum atomic E-state index is 11.2. The van der Waals surface area contributed by atoms with Crippen LogP contribution in [0.1, 0.15) is 42.3 Å². The lowest BCUT2D eigenvalue weighted by Crippen LogP contribution is -2.11. The van der Waals surface area contributed by atoms with Crippen molar-refractivity contribution >= 4 is 12.1 Å². The van der Waals surface area contributed by atoms with E-state index in [1.54, 1.807) is 6.21 Å². The van der Waals surface area contributed by atoms with Crippen LogP contribution in [0.4, 0.5) is 0 Å². The molecule has 0 fully saturated rings. The number of nitrogens with zero attached hydrogens (tertiary/aromatic N) is 1. The van der Waals surface area contributed by atoms with Crippen LogP contribution in [0.3, 0.4) is 0 Å². The van der Waals surface area contributed by atoms with Crippen LogP contribution in [-0.4, -0.2) is 12.1 Å². The SMILES string of the molecule is CC(C)(C)c1ccc2c(c1)C=NC2=O. The smallest absolute Gasteiger partial charge is 0.267 e. The Morgan fingerprint density at radius 2 is 1.93 bits per heavy atom. The van der Waals surface area contributed by atoms with E-state index in [-0.39, 0.29) is 11.3 Å². The van der Waals surface area contributed by atoms with Crippen LogP contribution in [0, 0.1) is 0 Å². The second-order valence-corrected chi connectivity index (χ2v) is 4.62. The molecule has 0 atom stereocenters. The fourth-order valence-electron chi connectivity index (χ4n) is 1.53. The van der Waals surface area contributed by atoms with Crippen molar-refractivity contribution < 1.29 is 4.79 Å². The monoisotopic (exact) mass is 187 g/mol. The van der Waals surface area contributed by atoms with Gasteiger partial charge in [0.2, 0.25) is 0 Å². The van der Waals surface area contributed by atoms with Crippen LogP contribution in [0.2, 0.25) is 0 Å². The van der Waals surface area contributed by atoms with E-state index in [1.807, 2.05) is 18.2 Å². The van der Waals surface area contributed by atoms with Crippen molar-refractivity contribution in [1.82, 2.24) is 0 Å². The first-order valence-electron chi connectivity index (χ1n) is 4.71. The zero-order chi connectivity index (χ0) is 10.3. The summed E-state index contributed by atoms with van der Waals surface area (Å²) in [5.41, 5.74) is 3.02. The van der Waals surface area contributed by atoms with Gasteiger partial charge in [0.15, 0.2) is 0 Å². The summed E-state index contributed by atoms with van der Waals surface area (Å²) in [6, 6.07) is 5.92. The van der Waals surface area contributed by atoms with Crippen molar-refractivity contribution in [2.75, 3.05) is 0 Å². The maximum Gasteiger partial charge on any atom is 0.277 e. The van der Waals surface area contributed by atoms with Gasteiger partial charge in [-0.05, 0) is 23.1 Å². The first-order valence-corrected chi connectivity index (χ1v) is 4.71. The summed E-state index contributed by atoms with van der Waals surface area (Å²) in [6.07, 6.45) is 1.65. The number of carbonyl (C=O) groups is 1. The predicted molar refractivity (Wildman–Crippen MR) is 57.1 cm³/mol. The third-order valence-electron chi connectivity index (χ3n) is 2.47. The van der Waals surface area contributed by atoms with E-state index < -0.39 is 0 Å². The highest BCUT2D eigenvalue weighted by molar-refractivity contribution is 6.12. The number of fused-ring (bicyclic) bond motifs is 1. The van der Waals surface area contributed by atoms with Crippen molar-refractivity contribution in [3.63, 3.8) is 0 Å². The fourth-order valence-corrected chi connectivity index (χ4v) is 1.53. The van der Waals surface area contributed by atoms with Crippen LogP contribution in [0.5, 0.6) is 0 Å². The molecule has 1 heterocycles. The Labute approximate surface area is 83.7 Å². The molecule has 0 saturated heterocycles. The van der Waals surface area contributed by atoms with Crippen LogP contribution in [0.15, 0.2) is 23.2 Å². The Balaban J connectivity index is 2.52. The van der Waals surface area contributed by atoms with Gasteiger partial charge in [0.25, 0.3) is 5.91 Å². The number of amides is 1. The van der Waals surface area contributed by atoms with Gasteiger partial charge in [-0.25, -0.2) is 4.99 Å². The molecule has 2 nitrogen and oxygen atoms in total. The lowest BCUT2D eigenvalue weighted by atomic mass is 9.85. The maximum absolute atomic E-state index is 11.2. The predicted octanol–water partition coefficient (Wildman–Crippen LogP) is 2.56. The molecule has 0 spiro atoms. The average Bonchev–Trinajstić information content (AvgIpc) is 2.46. The highest BCUT2D eigenvalue weighted by atomic mass is 16.1. The van der Waals surface area contributed by atoms with Gasteiger partial charge in [-0.1, -0.05) is 26.8 Å². The molecule has 0 N–H and O–H groups in total. The standard InChI is InChI=1S/C12H13NO/c1-12(2,3)9-4-5-10-8(6-9)7-13-11(10)14/h4-7H,1-3H3. The number of benzene rings is 1. The fraction of sp³-hybridized carbons (Fsp3) is 0.333. The number of hydrogen-bond donors (Lipinski definition) is 0. The molecule has 1 aliphatic rings. The molecule has 0 unspecified atom stereocenters. The Bertz CT molecular complexity index is 424. The topological polar surface area (TPSA) is 29.4 Å². The molecule has 72 valence electrons. The minimum Gasteiger partial charge on any atom is -0.267 e. The van der Waals surface area contributed by atoms with E-state index in [9.17, 15) is 4.79 Å². The van der Waals surface area contributed by atoms with Crippen LogP contribution in [0.25, 0.3) is 0 Å². The lowest BCUT2D eigenvalue weighted by molar-refractivity contribution is 0.101. The Morgan fingerprint density at radius 3 is 2.57 bits per heavy atom. The normalized spacial score (nSPS) is 14.6. The minimum atomic E-state index is -0.125. The Morgan fingerprint density at radius 1 is 1.21 bits per heavy atom. The van der Waals surface area contributed by atoms with Gasteiger partial charge < -0.3 is 0 Å². The second kappa shape index (κ2) is 2.77. The van der Waals surface area contributed by atoms with Crippen LogP contribution < -0.4 is 0 Å². The molecule has 0 aromatic heterocycles. The van der Waals surface area contributed by atoms with Gasteiger partial charge in [0, 0.05) is 11.8 Å². The number of rotatable bonds is 0. The summed E-state index contributed by atoms with van der Waals surface area (Å²) < 4.78 is 0. The zero-order valence-corrected chi connectivity index (χ0v) is 8.66. The third-order valence-corrected chi connectivity index (χ3v) is 2.47. The third kappa shape index (κ3) is 1.37. The van der Waals surface area contributed by atoms with Crippen LogP contribution >= 0.6 is 0 Å². The molecule has 0 bridgehead atoms. The molecule has 0 saturated carbocycles. The quantitative estimate of drug-likeness (QED) is 0.613. The van der Waals surface area contributed by atoms with Crippen molar-refractivity contribution in [1.29, 1.82) is 0 Å². The molecule has 2 rings (SSSR count). The highest BCUT2D eigenvalue weighted by Crippen LogP contribution is 2.25. The van der Waals surface area contributed by atoms with Gasteiger partial charge in [0.05, 0.1) is 5.56 Å². The average molecular weight is 187 g/mol. The van der Waals surface area contributed by atoms with E-state index in [2.05, 4.69) is 25.8 Å². The molecular weight excluding hydrogens is 174 g/mol. The van der Waals surface area contributed by atoms with Crippen molar-refractivity contribution in [3.05, 3.63) is 34.9 Å². The molecule has 2 heteroatoms. The van der Waals surface area contributed by atoms with Crippen LogP contribution in [-0.2, 0) is 5.41 Å². The van der Waals surface area contributed by atoms with E-state index >= 15 is 0 Å². The number of carbonyl (C=O) groups excluding carboxylic acids is 1. The van der Waals surface area contributed by atoms with Gasteiger partial charge in [-0.3, -0.25) is 4.79 Å². The summed E-state index contributed by atoms with van der Waals surface area (Å²) in [7, 11) is 0. The van der Waals surface area contributed by atoms with E-state index in [1.165, 1.54) is 5.56 Å². The van der Waals surface area contributed by atoms with E-state index in [4.69, 9.17) is 0 Å². The zero-order valence-electron chi connectivity index (χ0n) is 8.66. The van der Waals surface area contributed by atoms with Gasteiger partial charge in [-0.2, -0.15) is 0 Å². The summed E-state index contributed by atoms with van der Waals surface area (Å²) in [6.45, 7) is 6.47. The summed E-state index contributed by atoms with van der Waals surface area (Å²) in [5.74, 6) is -0.125. The summed E-state index contributed by atoms with van der Waals surface area (Å²) >= 11 is 0. The molecule has 14 heavy (non-hydrogen) atoms. The Hall–Kier alpha value is -1.44. The van der Waals surface area contributed by atoms with Gasteiger partial charge in [-0.15, -0.1) is 0 Å². The number of hydrogen-bond acceptors (Lipinski definition) is 1. The molecular formula is C12H13NO. The van der Waals surface area contributed by atoms with E-state index in [0.717, 1.165) is 11.1 Å². The molecule has 1 amide bonds. The lowest BCUT2D eigenvalue weighted by Gasteiger charge is -2.19. The highest BCUT2D eigenvalue weighted by Gasteiger charge is 2.19. The van der Waals surface area contributed by atoms with Gasteiger partial charge >= 0.3 is 0 Å². The molecule has 0 radical (unpaired) electrons. The summed E-state index contributed by atoms with van der Waals surface area (Å²) in [5, 5.41) is 0. The van der Waals surface area contributed by atoms with Gasteiger partial charge in [0.1, 0.15) is 0 Å². The van der Waals surface area contributed by atoms with Crippen molar-refractivity contribution in [2.45, 2.75) is 26.2 Å².